The molecule has 1 fully saturated rings. The van der Waals surface area contributed by atoms with Crippen LogP contribution in [-0.4, -0.2) is 25.8 Å². The SMILES string of the molecule is Cc1ccc(C(C)(C)C)cc1S(=O)(=O)N1CCCCC1. The molecule has 0 aromatic heterocycles. The molecule has 0 unspecified atom stereocenters. The number of benzene rings is 1. The Morgan fingerprint density at radius 2 is 1.65 bits per heavy atom. The Morgan fingerprint density at radius 1 is 1.05 bits per heavy atom. The first kappa shape index (κ1) is 15.5. The van der Waals surface area contributed by atoms with E-state index in [0.29, 0.717) is 18.0 Å². The van der Waals surface area contributed by atoms with E-state index in [2.05, 4.69) is 20.8 Å². The van der Waals surface area contributed by atoms with Crippen molar-refractivity contribution in [2.45, 2.75) is 57.3 Å². The van der Waals surface area contributed by atoms with Gasteiger partial charge in [0.1, 0.15) is 0 Å². The Balaban J connectivity index is 2.45. The largest absolute Gasteiger partial charge is 0.243 e. The maximum Gasteiger partial charge on any atom is 0.243 e. The summed E-state index contributed by atoms with van der Waals surface area (Å²) >= 11 is 0. The lowest BCUT2D eigenvalue weighted by atomic mass is 9.87. The lowest BCUT2D eigenvalue weighted by Gasteiger charge is -2.27. The maximum absolute atomic E-state index is 12.8. The Kier molecular flexibility index (Phi) is 4.26. The lowest BCUT2D eigenvalue weighted by Crippen LogP contribution is -2.36. The smallest absolute Gasteiger partial charge is 0.207 e. The minimum absolute atomic E-state index is 0.0418. The lowest BCUT2D eigenvalue weighted by molar-refractivity contribution is 0.346. The number of sulfonamides is 1. The first-order chi connectivity index (χ1) is 9.23. The topological polar surface area (TPSA) is 37.4 Å². The van der Waals surface area contributed by atoms with E-state index < -0.39 is 10.0 Å². The molecule has 0 radical (unpaired) electrons. The van der Waals surface area contributed by atoms with E-state index in [4.69, 9.17) is 0 Å². The minimum Gasteiger partial charge on any atom is -0.207 e. The Hall–Kier alpha value is -0.870. The molecule has 0 aliphatic carbocycles. The predicted molar refractivity (Wildman–Crippen MR) is 82.5 cm³/mol. The standard InChI is InChI=1S/C16H25NO2S/c1-13-8-9-14(16(2,3)4)12-15(13)20(18,19)17-10-6-5-7-11-17/h8-9,12H,5-7,10-11H2,1-4H3. The number of piperidine rings is 1. The molecule has 0 amide bonds. The second kappa shape index (κ2) is 5.49. The van der Waals surface area contributed by atoms with Crippen LogP contribution in [0.1, 0.15) is 51.2 Å². The fraction of sp³-hybridized carbons (Fsp3) is 0.625. The van der Waals surface area contributed by atoms with Crippen molar-refractivity contribution < 1.29 is 8.42 Å². The van der Waals surface area contributed by atoms with Gasteiger partial charge in [-0.05, 0) is 42.4 Å². The van der Waals surface area contributed by atoms with Crippen LogP contribution in [0.3, 0.4) is 0 Å². The number of rotatable bonds is 2. The van der Waals surface area contributed by atoms with Crippen LogP contribution >= 0.6 is 0 Å². The Morgan fingerprint density at radius 3 is 2.20 bits per heavy atom. The third-order valence-electron chi connectivity index (χ3n) is 3.99. The van der Waals surface area contributed by atoms with Crippen molar-refractivity contribution in [3.8, 4) is 0 Å². The van der Waals surface area contributed by atoms with Crippen LogP contribution in [-0.2, 0) is 15.4 Å². The predicted octanol–water partition coefficient (Wildman–Crippen LogP) is 3.47. The van der Waals surface area contributed by atoms with Crippen LogP contribution in [0.2, 0.25) is 0 Å². The fourth-order valence-electron chi connectivity index (χ4n) is 2.59. The fourth-order valence-corrected chi connectivity index (χ4v) is 4.36. The van der Waals surface area contributed by atoms with Gasteiger partial charge in [0.15, 0.2) is 0 Å². The zero-order valence-electron chi connectivity index (χ0n) is 12.9. The van der Waals surface area contributed by atoms with Crippen molar-refractivity contribution in [1.82, 2.24) is 4.31 Å². The van der Waals surface area contributed by atoms with E-state index in [-0.39, 0.29) is 5.41 Å². The molecule has 1 aliphatic heterocycles. The zero-order valence-corrected chi connectivity index (χ0v) is 13.8. The molecule has 2 rings (SSSR count). The summed E-state index contributed by atoms with van der Waals surface area (Å²) in [6.45, 7) is 9.51. The monoisotopic (exact) mass is 295 g/mol. The summed E-state index contributed by atoms with van der Waals surface area (Å²) < 4.78 is 27.3. The molecule has 1 aliphatic rings. The summed E-state index contributed by atoms with van der Waals surface area (Å²) in [5.41, 5.74) is 1.86. The molecule has 4 heteroatoms. The molecular formula is C16H25NO2S. The maximum atomic E-state index is 12.8. The quantitative estimate of drug-likeness (QED) is 0.838. The molecule has 1 aromatic carbocycles. The van der Waals surface area contributed by atoms with E-state index in [1.54, 1.807) is 4.31 Å². The number of hydrogen-bond acceptors (Lipinski definition) is 2. The second-order valence-corrected chi connectivity index (χ2v) is 8.60. The van der Waals surface area contributed by atoms with E-state index in [0.717, 1.165) is 30.4 Å². The molecule has 0 N–H and O–H groups in total. The Labute approximate surface area is 123 Å². The van der Waals surface area contributed by atoms with Gasteiger partial charge in [-0.1, -0.05) is 39.3 Å². The zero-order chi connectivity index (χ0) is 15.0. The van der Waals surface area contributed by atoms with Gasteiger partial charge in [0.05, 0.1) is 4.90 Å². The van der Waals surface area contributed by atoms with E-state index in [1.807, 2.05) is 25.1 Å². The highest BCUT2D eigenvalue weighted by Crippen LogP contribution is 2.29. The number of aryl methyl sites for hydroxylation is 1. The van der Waals surface area contributed by atoms with Gasteiger partial charge in [0, 0.05) is 13.1 Å². The summed E-state index contributed by atoms with van der Waals surface area (Å²) in [4.78, 5) is 0.479. The van der Waals surface area contributed by atoms with Gasteiger partial charge < -0.3 is 0 Å². The van der Waals surface area contributed by atoms with Crippen molar-refractivity contribution in [3.05, 3.63) is 29.3 Å². The summed E-state index contributed by atoms with van der Waals surface area (Å²) in [6.07, 6.45) is 3.07. The summed E-state index contributed by atoms with van der Waals surface area (Å²) in [7, 11) is -3.34. The Bertz CT molecular complexity index is 579. The normalized spacial score (nSPS) is 18.2. The molecule has 0 spiro atoms. The van der Waals surface area contributed by atoms with Crippen LogP contribution in [0, 0.1) is 6.92 Å². The average molecular weight is 295 g/mol. The highest BCUT2D eigenvalue weighted by molar-refractivity contribution is 7.89. The molecule has 0 atom stereocenters. The molecule has 3 nitrogen and oxygen atoms in total. The molecule has 1 aromatic rings. The first-order valence-electron chi connectivity index (χ1n) is 7.34. The van der Waals surface area contributed by atoms with Crippen molar-refractivity contribution >= 4 is 10.0 Å². The molecule has 1 saturated heterocycles. The van der Waals surface area contributed by atoms with Crippen LogP contribution in [0.5, 0.6) is 0 Å². The van der Waals surface area contributed by atoms with Crippen molar-refractivity contribution in [2.24, 2.45) is 0 Å². The molecular weight excluding hydrogens is 270 g/mol. The van der Waals surface area contributed by atoms with Gasteiger partial charge in [-0.15, -0.1) is 0 Å². The van der Waals surface area contributed by atoms with Crippen LogP contribution < -0.4 is 0 Å². The summed E-state index contributed by atoms with van der Waals surface area (Å²) in [5, 5.41) is 0. The second-order valence-electron chi connectivity index (χ2n) is 6.70. The third-order valence-corrected chi connectivity index (χ3v) is 6.03. The summed E-state index contributed by atoms with van der Waals surface area (Å²) in [6, 6.07) is 5.82. The first-order valence-corrected chi connectivity index (χ1v) is 8.78. The van der Waals surface area contributed by atoms with Gasteiger partial charge in [0.2, 0.25) is 10.0 Å². The van der Waals surface area contributed by atoms with Crippen molar-refractivity contribution in [3.63, 3.8) is 0 Å². The van der Waals surface area contributed by atoms with Crippen molar-refractivity contribution in [1.29, 1.82) is 0 Å². The van der Waals surface area contributed by atoms with E-state index in [9.17, 15) is 8.42 Å². The highest BCUT2D eigenvalue weighted by atomic mass is 32.2. The van der Waals surface area contributed by atoms with Gasteiger partial charge in [-0.2, -0.15) is 4.31 Å². The van der Waals surface area contributed by atoms with E-state index >= 15 is 0 Å². The molecule has 0 bridgehead atoms. The average Bonchev–Trinajstić information content (AvgIpc) is 2.38. The molecule has 0 saturated carbocycles. The molecule has 112 valence electrons. The number of hydrogen-bond donors (Lipinski definition) is 0. The van der Waals surface area contributed by atoms with Crippen LogP contribution in [0.4, 0.5) is 0 Å². The van der Waals surface area contributed by atoms with Gasteiger partial charge >= 0.3 is 0 Å². The molecule has 1 heterocycles. The van der Waals surface area contributed by atoms with E-state index in [1.165, 1.54) is 0 Å². The van der Waals surface area contributed by atoms with Crippen molar-refractivity contribution in [2.75, 3.05) is 13.1 Å². The van der Waals surface area contributed by atoms with Crippen LogP contribution in [0.25, 0.3) is 0 Å². The molecule has 20 heavy (non-hydrogen) atoms. The van der Waals surface area contributed by atoms with Gasteiger partial charge in [-0.25, -0.2) is 8.42 Å². The number of nitrogens with zero attached hydrogens (tertiary/aromatic N) is 1. The third kappa shape index (κ3) is 3.07. The van der Waals surface area contributed by atoms with Gasteiger partial charge in [-0.3, -0.25) is 0 Å². The van der Waals surface area contributed by atoms with Crippen LogP contribution in [0.15, 0.2) is 23.1 Å². The van der Waals surface area contributed by atoms with Gasteiger partial charge in [0.25, 0.3) is 0 Å². The highest BCUT2D eigenvalue weighted by Gasteiger charge is 2.28. The summed E-state index contributed by atoms with van der Waals surface area (Å²) in [5.74, 6) is 0. The minimum atomic E-state index is -3.34.